The van der Waals surface area contributed by atoms with Gasteiger partial charge in [0.1, 0.15) is 0 Å². The van der Waals surface area contributed by atoms with E-state index in [0.717, 1.165) is 11.1 Å². The van der Waals surface area contributed by atoms with E-state index in [-0.39, 0.29) is 5.57 Å². The monoisotopic (exact) mass is 252 g/mol. The molecule has 0 saturated heterocycles. The molecule has 2 aromatic carbocycles. The maximum atomic E-state index is 10.7. The molecule has 0 aliphatic carbocycles. The molecule has 0 aliphatic heterocycles. The number of benzene rings is 2. The predicted molar refractivity (Wildman–Crippen MR) is 77.0 cm³/mol. The van der Waals surface area contributed by atoms with Gasteiger partial charge in [-0.1, -0.05) is 61.2 Å². The number of carboxylic acids is 1. The fourth-order valence-electron chi connectivity index (χ4n) is 1.94. The first-order chi connectivity index (χ1) is 9.16. The standard InChI is InChI=1S/C17H16O2/c1-13(17(18)19)10-11-14-6-5-9-16(12-14)15-7-3-2-4-8-15/h2-9,12H,1,10-11H2,(H,18,19). The smallest absolute Gasteiger partial charge is 0.330 e. The van der Waals surface area contributed by atoms with Gasteiger partial charge in [-0.15, -0.1) is 0 Å². The number of hydrogen-bond donors (Lipinski definition) is 1. The van der Waals surface area contributed by atoms with E-state index in [2.05, 4.69) is 30.8 Å². The predicted octanol–water partition coefficient (Wildman–Crippen LogP) is 3.93. The molecule has 1 N–H and O–H groups in total. The van der Waals surface area contributed by atoms with E-state index in [9.17, 15) is 4.79 Å². The average molecular weight is 252 g/mol. The van der Waals surface area contributed by atoms with Gasteiger partial charge in [0.25, 0.3) is 0 Å². The summed E-state index contributed by atoms with van der Waals surface area (Å²) in [5.74, 6) is -0.917. The van der Waals surface area contributed by atoms with Gasteiger partial charge in [-0.3, -0.25) is 0 Å². The highest BCUT2D eigenvalue weighted by molar-refractivity contribution is 5.85. The van der Waals surface area contributed by atoms with Crippen molar-refractivity contribution in [3.05, 3.63) is 72.3 Å². The maximum Gasteiger partial charge on any atom is 0.330 e. The molecule has 19 heavy (non-hydrogen) atoms. The van der Waals surface area contributed by atoms with E-state index >= 15 is 0 Å². The summed E-state index contributed by atoms with van der Waals surface area (Å²) < 4.78 is 0. The molecule has 2 heteroatoms. The minimum Gasteiger partial charge on any atom is -0.478 e. The molecule has 0 heterocycles. The molecule has 2 nitrogen and oxygen atoms in total. The van der Waals surface area contributed by atoms with Gasteiger partial charge in [-0.2, -0.15) is 0 Å². The Morgan fingerprint density at radius 3 is 2.37 bits per heavy atom. The molecule has 0 unspecified atom stereocenters. The molecular weight excluding hydrogens is 236 g/mol. The van der Waals surface area contributed by atoms with Crippen molar-refractivity contribution in [1.82, 2.24) is 0 Å². The van der Waals surface area contributed by atoms with Gasteiger partial charge in [0.2, 0.25) is 0 Å². The van der Waals surface area contributed by atoms with E-state index in [4.69, 9.17) is 5.11 Å². The van der Waals surface area contributed by atoms with Crippen LogP contribution in [0, 0.1) is 0 Å². The van der Waals surface area contributed by atoms with E-state index in [1.165, 1.54) is 5.56 Å². The largest absolute Gasteiger partial charge is 0.478 e. The minimum absolute atomic E-state index is 0.255. The minimum atomic E-state index is -0.917. The summed E-state index contributed by atoms with van der Waals surface area (Å²) in [6.45, 7) is 3.55. The third-order valence-electron chi connectivity index (χ3n) is 3.05. The quantitative estimate of drug-likeness (QED) is 0.819. The van der Waals surface area contributed by atoms with Gasteiger partial charge in [-0.25, -0.2) is 4.79 Å². The Balaban J connectivity index is 2.12. The van der Waals surface area contributed by atoms with Crippen molar-refractivity contribution in [2.24, 2.45) is 0 Å². The van der Waals surface area contributed by atoms with Crippen LogP contribution in [0.1, 0.15) is 12.0 Å². The van der Waals surface area contributed by atoms with Gasteiger partial charge in [0, 0.05) is 5.57 Å². The highest BCUT2D eigenvalue weighted by Gasteiger charge is 2.05. The first-order valence-electron chi connectivity index (χ1n) is 6.22. The summed E-state index contributed by atoms with van der Waals surface area (Å²) in [6.07, 6.45) is 1.18. The summed E-state index contributed by atoms with van der Waals surface area (Å²) in [4.78, 5) is 10.7. The zero-order chi connectivity index (χ0) is 13.7. The fourth-order valence-corrected chi connectivity index (χ4v) is 1.94. The first kappa shape index (κ1) is 13.1. The van der Waals surface area contributed by atoms with E-state index < -0.39 is 5.97 Å². The summed E-state index contributed by atoms with van der Waals surface area (Å²) in [5, 5.41) is 8.79. The molecule has 0 fully saturated rings. The summed E-state index contributed by atoms with van der Waals surface area (Å²) in [7, 11) is 0. The number of rotatable bonds is 5. The van der Waals surface area contributed by atoms with Gasteiger partial charge < -0.3 is 5.11 Å². The van der Waals surface area contributed by atoms with Crippen LogP contribution < -0.4 is 0 Å². The van der Waals surface area contributed by atoms with Crippen molar-refractivity contribution < 1.29 is 9.90 Å². The molecular formula is C17H16O2. The lowest BCUT2D eigenvalue weighted by molar-refractivity contribution is -0.132. The normalized spacial score (nSPS) is 10.1. The molecule has 2 aromatic rings. The lowest BCUT2D eigenvalue weighted by Crippen LogP contribution is -2.00. The number of carbonyl (C=O) groups is 1. The summed E-state index contributed by atoms with van der Waals surface area (Å²) in [6, 6.07) is 18.3. The van der Waals surface area contributed by atoms with Crippen LogP contribution in [0.3, 0.4) is 0 Å². The fraction of sp³-hybridized carbons (Fsp3) is 0.118. The van der Waals surface area contributed by atoms with Crippen LogP contribution in [0.5, 0.6) is 0 Å². The summed E-state index contributed by atoms with van der Waals surface area (Å²) >= 11 is 0. The van der Waals surface area contributed by atoms with Crippen molar-refractivity contribution >= 4 is 5.97 Å². The Hall–Kier alpha value is -2.35. The van der Waals surface area contributed by atoms with Crippen LogP contribution in [0.25, 0.3) is 11.1 Å². The maximum absolute atomic E-state index is 10.7. The second-order valence-electron chi connectivity index (χ2n) is 4.48. The molecule has 0 radical (unpaired) electrons. The van der Waals surface area contributed by atoms with Crippen molar-refractivity contribution in [3.8, 4) is 11.1 Å². The van der Waals surface area contributed by atoms with E-state index in [0.29, 0.717) is 12.8 Å². The number of carboxylic acid groups (broad SMARTS) is 1. The lowest BCUT2D eigenvalue weighted by atomic mass is 10.00. The Bertz CT molecular complexity index is 585. The Kier molecular flexibility index (Phi) is 4.14. The van der Waals surface area contributed by atoms with Crippen LogP contribution in [0.2, 0.25) is 0 Å². The number of hydrogen-bond acceptors (Lipinski definition) is 1. The third-order valence-corrected chi connectivity index (χ3v) is 3.05. The van der Waals surface area contributed by atoms with Gasteiger partial charge in [0.05, 0.1) is 0 Å². The molecule has 2 rings (SSSR count). The molecule has 0 bridgehead atoms. The Morgan fingerprint density at radius 2 is 1.68 bits per heavy atom. The van der Waals surface area contributed by atoms with Crippen molar-refractivity contribution in [2.75, 3.05) is 0 Å². The molecule has 0 aliphatic rings. The molecule has 0 aromatic heterocycles. The van der Waals surface area contributed by atoms with Crippen LogP contribution in [-0.4, -0.2) is 11.1 Å². The van der Waals surface area contributed by atoms with E-state index in [1.54, 1.807) is 0 Å². The number of aryl methyl sites for hydroxylation is 1. The summed E-state index contributed by atoms with van der Waals surface area (Å²) in [5.41, 5.74) is 3.70. The van der Waals surface area contributed by atoms with Crippen LogP contribution >= 0.6 is 0 Å². The highest BCUT2D eigenvalue weighted by atomic mass is 16.4. The molecule has 0 saturated carbocycles. The lowest BCUT2D eigenvalue weighted by Gasteiger charge is -2.06. The second-order valence-corrected chi connectivity index (χ2v) is 4.48. The SMILES string of the molecule is C=C(CCc1cccc(-c2ccccc2)c1)C(=O)O. The number of aliphatic carboxylic acids is 1. The second kappa shape index (κ2) is 6.01. The van der Waals surface area contributed by atoms with Crippen molar-refractivity contribution in [3.63, 3.8) is 0 Å². The van der Waals surface area contributed by atoms with E-state index in [1.807, 2.05) is 30.3 Å². The van der Waals surface area contributed by atoms with Crippen molar-refractivity contribution in [2.45, 2.75) is 12.8 Å². The molecule has 96 valence electrons. The van der Waals surface area contributed by atoms with Crippen LogP contribution in [-0.2, 0) is 11.2 Å². The van der Waals surface area contributed by atoms with Gasteiger partial charge >= 0.3 is 5.97 Å². The van der Waals surface area contributed by atoms with Crippen molar-refractivity contribution in [1.29, 1.82) is 0 Å². The van der Waals surface area contributed by atoms with Gasteiger partial charge in [-0.05, 0) is 29.5 Å². The molecule has 0 atom stereocenters. The Labute approximate surface area is 113 Å². The average Bonchev–Trinajstić information content (AvgIpc) is 2.46. The molecule has 0 amide bonds. The Morgan fingerprint density at radius 1 is 1.00 bits per heavy atom. The third kappa shape index (κ3) is 3.55. The zero-order valence-electron chi connectivity index (χ0n) is 10.7. The van der Waals surface area contributed by atoms with Crippen LogP contribution in [0.4, 0.5) is 0 Å². The first-order valence-corrected chi connectivity index (χ1v) is 6.22. The molecule has 0 spiro atoms. The van der Waals surface area contributed by atoms with Crippen LogP contribution in [0.15, 0.2) is 66.7 Å². The van der Waals surface area contributed by atoms with Gasteiger partial charge in [0.15, 0.2) is 0 Å². The topological polar surface area (TPSA) is 37.3 Å². The highest BCUT2D eigenvalue weighted by Crippen LogP contribution is 2.21. The zero-order valence-corrected chi connectivity index (χ0v) is 10.7.